The SMILES string of the molecule is Cc1ccc(F)c(CN2C=C(F)N(c3nc(N)c(NC(=O)O)c(N)n3)C2)c1F. The Bertz CT molecular complexity index is 960. The summed E-state index contributed by atoms with van der Waals surface area (Å²) < 4.78 is 42.5. The topological polar surface area (TPSA) is 134 Å². The van der Waals surface area contributed by atoms with Crippen molar-refractivity contribution in [2.24, 2.45) is 0 Å². The van der Waals surface area contributed by atoms with E-state index in [1.165, 1.54) is 17.9 Å². The van der Waals surface area contributed by atoms with Crippen molar-refractivity contribution >= 4 is 29.4 Å². The molecule has 6 N–H and O–H groups in total. The van der Waals surface area contributed by atoms with E-state index in [9.17, 15) is 18.0 Å². The second-order valence-electron chi connectivity index (χ2n) is 6.02. The van der Waals surface area contributed by atoms with Crippen LogP contribution in [0.25, 0.3) is 0 Å². The Balaban J connectivity index is 1.83. The van der Waals surface area contributed by atoms with Gasteiger partial charge >= 0.3 is 6.09 Å². The lowest BCUT2D eigenvalue weighted by atomic mass is 10.1. The van der Waals surface area contributed by atoms with Gasteiger partial charge in [-0.3, -0.25) is 10.2 Å². The summed E-state index contributed by atoms with van der Waals surface area (Å²) >= 11 is 0. The molecule has 1 aliphatic heterocycles. The molecule has 148 valence electrons. The van der Waals surface area contributed by atoms with Crippen LogP contribution < -0.4 is 21.7 Å². The zero-order valence-corrected chi connectivity index (χ0v) is 14.6. The molecule has 0 fully saturated rings. The van der Waals surface area contributed by atoms with Gasteiger partial charge in [-0.1, -0.05) is 6.07 Å². The maximum absolute atomic E-state index is 14.4. The number of carbonyl (C=O) groups is 1. The number of nitrogens with one attached hydrogen (secondary N) is 1. The molecule has 28 heavy (non-hydrogen) atoms. The summed E-state index contributed by atoms with van der Waals surface area (Å²) in [5.41, 5.74) is 11.2. The predicted octanol–water partition coefficient (Wildman–Crippen LogP) is 2.37. The second kappa shape index (κ2) is 7.13. The molecule has 0 saturated heterocycles. The number of anilines is 4. The van der Waals surface area contributed by atoms with E-state index in [-0.39, 0.29) is 47.6 Å². The van der Waals surface area contributed by atoms with E-state index in [1.807, 2.05) is 5.32 Å². The van der Waals surface area contributed by atoms with Crippen molar-refractivity contribution in [2.75, 3.05) is 28.4 Å². The molecule has 0 bridgehead atoms. The lowest BCUT2D eigenvalue weighted by Crippen LogP contribution is -2.28. The summed E-state index contributed by atoms with van der Waals surface area (Å²) in [4.78, 5) is 20.7. The van der Waals surface area contributed by atoms with Crippen molar-refractivity contribution in [2.45, 2.75) is 13.5 Å². The van der Waals surface area contributed by atoms with E-state index in [4.69, 9.17) is 16.6 Å². The fourth-order valence-corrected chi connectivity index (χ4v) is 2.67. The first-order valence-electron chi connectivity index (χ1n) is 7.92. The standard InChI is InChI=1S/C16H16F3N7O2/c1-7-2-3-9(17)8(11(7)19)4-25-5-10(18)26(6-25)15-23-13(20)12(14(21)24-15)22-16(27)28/h2-3,5,22H,4,6H2,1H3,(H,27,28)(H4,20,21,23,24). The number of benzene rings is 1. The smallest absolute Gasteiger partial charge is 0.409 e. The molecule has 0 atom stereocenters. The molecule has 0 radical (unpaired) electrons. The summed E-state index contributed by atoms with van der Waals surface area (Å²) in [6.45, 7) is 1.10. The number of amides is 1. The minimum Gasteiger partial charge on any atom is -0.465 e. The first-order chi connectivity index (χ1) is 13.2. The van der Waals surface area contributed by atoms with Gasteiger partial charge in [0.15, 0.2) is 11.6 Å². The van der Waals surface area contributed by atoms with Crippen molar-refractivity contribution in [1.29, 1.82) is 0 Å². The molecule has 0 aliphatic carbocycles. The van der Waals surface area contributed by atoms with Gasteiger partial charge in [0.05, 0.1) is 12.7 Å². The van der Waals surface area contributed by atoms with Crippen LogP contribution in [-0.2, 0) is 6.54 Å². The molecule has 1 aromatic carbocycles. The molecular formula is C16H16F3N7O2. The van der Waals surface area contributed by atoms with Crippen molar-refractivity contribution in [3.63, 3.8) is 0 Å². The summed E-state index contributed by atoms with van der Waals surface area (Å²) in [5, 5.41) is 10.7. The third kappa shape index (κ3) is 3.56. The van der Waals surface area contributed by atoms with Crippen LogP contribution in [0.1, 0.15) is 11.1 Å². The number of rotatable bonds is 4. The minimum absolute atomic E-state index is 0.163. The molecule has 3 rings (SSSR count). The average Bonchev–Trinajstić information content (AvgIpc) is 2.98. The Morgan fingerprint density at radius 1 is 1.25 bits per heavy atom. The molecule has 0 unspecified atom stereocenters. The van der Waals surface area contributed by atoms with Crippen LogP contribution in [0, 0.1) is 18.6 Å². The number of carboxylic acid groups (broad SMARTS) is 1. The van der Waals surface area contributed by atoms with E-state index in [2.05, 4.69) is 9.97 Å². The molecule has 2 aromatic rings. The third-order valence-electron chi connectivity index (χ3n) is 4.04. The molecule has 2 heterocycles. The Kier molecular flexibility index (Phi) is 4.86. The van der Waals surface area contributed by atoms with Crippen LogP contribution in [0.3, 0.4) is 0 Å². The fourth-order valence-electron chi connectivity index (χ4n) is 2.67. The highest BCUT2D eigenvalue weighted by atomic mass is 19.1. The monoisotopic (exact) mass is 395 g/mol. The molecule has 1 amide bonds. The number of hydrogen-bond acceptors (Lipinski definition) is 7. The number of aromatic nitrogens is 2. The molecule has 0 spiro atoms. The highest BCUT2D eigenvalue weighted by Gasteiger charge is 2.27. The first-order valence-corrected chi connectivity index (χ1v) is 7.92. The molecule has 1 aromatic heterocycles. The summed E-state index contributed by atoms with van der Waals surface area (Å²) in [7, 11) is 0. The van der Waals surface area contributed by atoms with Gasteiger partial charge in [-0.2, -0.15) is 14.4 Å². The Morgan fingerprint density at radius 3 is 2.50 bits per heavy atom. The lowest BCUT2D eigenvalue weighted by Gasteiger charge is -2.21. The van der Waals surface area contributed by atoms with Gasteiger partial charge in [-0.05, 0) is 18.6 Å². The van der Waals surface area contributed by atoms with E-state index in [0.717, 1.165) is 17.2 Å². The normalized spacial score (nSPS) is 13.6. The average molecular weight is 395 g/mol. The van der Waals surface area contributed by atoms with Gasteiger partial charge in [-0.25, -0.2) is 13.6 Å². The highest BCUT2D eigenvalue weighted by molar-refractivity contribution is 5.91. The van der Waals surface area contributed by atoms with Gasteiger partial charge in [0.2, 0.25) is 11.9 Å². The highest BCUT2D eigenvalue weighted by Crippen LogP contribution is 2.30. The Morgan fingerprint density at radius 2 is 1.89 bits per heavy atom. The van der Waals surface area contributed by atoms with Crippen LogP contribution in [0.4, 0.5) is 41.2 Å². The quantitative estimate of drug-likeness (QED) is 0.580. The van der Waals surface area contributed by atoms with Gasteiger partial charge in [-0.15, -0.1) is 0 Å². The molecule has 1 aliphatic rings. The van der Waals surface area contributed by atoms with E-state index >= 15 is 0 Å². The van der Waals surface area contributed by atoms with Crippen LogP contribution in [0.15, 0.2) is 24.3 Å². The van der Waals surface area contributed by atoms with Crippen molar-refractivity contribution < 1.29 is 23.1 Å². The van der Waals surface area contributed by atoms with Crippen LogP contribution in [-0.4, -0.2) is 32.7 Å². The molecule has 0 saturated carbocycles. The number of aryl methyl sites for hydroxylation is 1. The summed E-state index contributed by atoms with van der Waals surface area (Å²) in [5.74, 6) is -3.08. The van der Waals surface area contributed by atoms with Gasteiger partial charge in [0, 0.05) is 5.56 Å². The number of nitrogens with zero attached hydrogens (tertiary/aromatic N) is 4. The van der Waals surface area contributed by atoms with Crippen LogP contribution in [0.2, 0.25) is 0 Å². The zero-order chi connectivity index (χ0) is 20.6. The maximum Gasteiger partial charge on any atom is 0.409 e. The van der Waals surface area contributed by atoms with Crippen molar-refractivity contribution in [3.05, 3.63) is 47.0 Å². The fraction of sp³-hybridized carbons (Fsp3) is 0.188. The van der Waals surface area contributed by atoms with Crippen LogP contribution >= 0.6 is 0 Å². The van der Waals surface area contributed by atoms with Crippen LogP contribution in [0.5, 0.6) is 0 Å². The number of nitrogen functional groups attached to an aromatic ring is 2. The number of halogens is 3. The maximum atomic E-state index is 14.4. The zero-order valence-electron chi connectivity index (χ0n) is 14.6. The van der Waals surface area contributed by atoms with Crippen molar-refractivity contribution in [1.82, 2.24) is 14.9 Å². The Hall–Kier alpha value is -3.70. The predicted molar refractivity (Wildman–Crippen MR) is 95.7 cm³/mol. The number of nitrogens with two attached hydrogens (primary N) is 2. The first kappa shape index (κ1) is 19.1. The largest absolute Gasteiger partial charge is 0.465 e. The minimum atomic E-state index is -1.42. The van der Waals surface area contributed by atoms with E-state index in [1.54, 1.807) is 0 Å². The van der Waals surface area contributed by atoms with E-state index < -0.39 is 23.7 Å². The Labute approximate surface area is 157 Å². The summed E-state index contributed by atoms with van der Waals surface area (Å²) in [6, 6.07) is 2.45. The van der Waals surface area contributed by atoms with Gasteiger partial charge in [0.25, 0.3) is 0 Å². The molecule has 9 nitrogen and oxygen atoms in total. The van der Waals surface area contributed by atoms with E-state index in [0.29, 0.717) is 0 Å². The molecule has 12 heteroatoms. The third-order valence-corrected chi connectivity index (χ3v) is 4.04. The van der Waals surface area contributed by atoms with Crippen molar-refractivity contribution in [3.8, 4) is 0 Å². The van der Waals surface area contributed by atoms with Gasteiger partial charge in [0.1, 0.15) is 24.0 Å². The lowest BCUT2D eigenvalue weighted by molar-refractivity contribution is 0.209. The summed E-state index contributed by atoms with van der Waals surface area (Å²) in [6.07, 6.45) is -0.379. The number of hydrogen-bond donors (Lipinski definition) is 4. The second-order valence-corrected chi connectivity index (χ2v) is 6.02. The van der Waals surface area contributed by atoms with Gasteiger partial charge < -0.3 is 21.5 Å². The molecular weight excluding hydrogens is 379 g/mol.